The number of hydrogen-bond donors (Lipinski definition) is 4. The van der Waals surface area contributed by atoms with Crippen LogP contribution in [0.4, 0.5) is 37.7 Å². The van der Waals surface area contributed by atoms with Gasteiger partial charge in [0.05, 0.1) is 11.1 Å². The number of nitrogens with one attached hydrogen (secondary N) is 2. The number of carbonyl (C=O) groups excluding carboxylic acids is 1. The Kier molecular flexibility index (Phi) is 6.81. The van der Waals surface area contributed by atoms with Crippen LogP contribution >= 0.6 is 0 Å². The molecule has 170 valence electrons. The van der Waals surface area contributed by atoms with Gasteiger partial charge in [0.15, 0.2) is 5.57 Å². The molecule has 0 aliphatic heterocycles. The van der Waals surface area contributed by atoms with E-state index in [1.165, 1.54) is 24.3 Å². The fraction of sp³-hybridized carbons (Fsp3) is 0.105. The molecule has 1 amide bonds. The average molecular weight is 462 g/mol. The zero-order chi connectivity index (χ0) is 24.3. The molecule has 0 bridgehead atoms. The summed E-state index contributed by atoms with van der Waals surface area (Å²) in [4.78, 5) is 33.8. The zero-order valence-corrected chi connectivity index (χ0v) is 15.5. The summed E-state index contributed by atoms with van der Waals surface area (Å²) in [6, 6.07) is 5.37. The van der Waals surface area contributed by atoms with Gasteiger partial charge in [-0.3, -0.25) is 4.79 Å². The predicted molar refractivity (Wildman–Crippen MR) is 97.8 cm³/mol. The number of anilines is 2. The van der Waals surface area contributed by atoms with Crippen LogP contribution in [0.2, 0.25) is 0 Å². The third-order valence-electron chi connectivity index (χ3n) is 3.84. The summed E-state index contributed by atoms with van der Waals surface area (Å²) in [6.07, 6.45) is -9.52. The molecule has 0 unspecified atom stereocenters. The van der Waals surface area contributed by atoms with Crippen LogP contribution in [0.15, 0.2) is 54.2 Å². The van der Waals surface area contributed by atoms with Gasteiger partial charge in [0.25, 0.3) is 5.91 Å². The molecule has 0 aliphatic carbocycles. The molecule has 2 aromatic rings. The van der Waals surface area contributed by atoms with Crippen molar-refractivity contribution in [3.8, 4) is 0 Å². The van der Waals surface area contributed by atoms with Gasteiger partial charge in [0, 0.05) is 23.1 Å². The Labute approximate surface area is 175 Å². The summed E-state index contributed by atoms with van der Waals surface area (Å²) < 4.78 is 77.5. The molecule has 0 heterocycles. The van der Waals surface area contributed by atoms with Crippen LogP contribution in [0.1, 0.15) is 21.5 Å². The number of carbonyl (C=O) groups is 3. The van der Waals surface area contributed by atoms with Crippen molar-refractivity contribution in [2.24, 2.45) is 0 Å². The van der Waals surface area contributed by atoms with Crippen LogP contribution in [0.25, 0.3) is 0 Å². The minimum absolute atomic E-state index is 0.00723. The number of aliphatic carboxylic acids is 2. The molecule has 2 aromatic carbocycles. The molecule has 7 nitrogen and oxygen atoms in total. The Morgan fingerprint density at radius 2 is 1.19 bits per heavy atom. The molecule has 32 heavy (non-hydrogen) atoms. The van der Waals surface area contributed by atoms with E-state index < -0.39 is 52.5 Å². The maximum atomic E-state index is 12.9. The number of hydrogen-bond acceptors (Lipinski definition) is 4. The van der Waals surface area contributed by atoms with Gasteiger partial charge in [-0.2, -0.15) is 26.3 Å². The van der Waals surface area contributed by atoms with Crippen molar-refractivity contribution in [2.45, 2.75) is 12.4 Å². The maximum absolute atomic E-state index is 12.9. The molecule has 0 saturated heterocycles. The first kappa shape index (κ1) is 24.2. The van der Waals surface area contributed by atoms with Gasteiger partial charge in [0.1, 0.15) is 0 Å². The van der Waals surface area contributed by atoms with Gasteiger partial charge in [0.2, 0.25) is 0 Å². The SMILES string of the molecule is O=C(O)C(=CNc1ccc(NC(=O)c2cc(C(F)(F)F)cc(C(F)(F)F)c2)cc1)C(=O)O. The van der Waals surface area contributed by atoms with E-state index in [1.807, 2.05) is 0 Å². The number of benzene rings is 2. The monoisotopic (exact) mass is 462 g/mol. The van der Waals surface area contributed by atoms with Crippen molar-refractivity contribution >= 4 is 29.2 Å². The van der Waals surface area contributed by atoms with Crippen LogP contribution in [0.3, 0.4) is 0 Å². The van der Waals surface area contributed by atoms with E-state index in [0.29, 0.717) is 6.20 Å². The van der Waals surface area contributed by atoms with Crippen LogP contribution < -0.4 is 10.6 Å². The minimum atomic E-state index is -5.11. The third kappa shape index (κ3) is 6.23. The standard InChI is InChI=1S/C19H12F6N2O5/c20-18(21,22)10-5-9(6-11(7-10)19(23,24)25)15(28)27-13-3-1-12(2-4-13)26-8-14(16(29)30)17(31)32/h1-8,26H,(H,27,28)(H,29,30)(H,31,32). The molecule has 0 radical (unpaired) electrons. The molecule has 0 fully saturated rings. The average Bonchev–Trinajstić information content (AvgIpc) is 2.67. The van der Waals surface area contributed by atoms with Gasteiger partial charge in [-0.1, -0.05) is 0 Å². The molecule has 4 N–H and O–H groups in total. The molecular weight excluding hydrogens is 450 g/mol. The Balaban J connectivity index is 2.23. The lowest BCUT2D eigenvalue weighted by Crippen LogP contribution is -2.17. The van der Waals surface area contributed by atoms with E-state index in [-0.39, 0.29) is 29.6 Å². The summed E-state index contributed by atoms with van der Waals surface area (Å²) in [5, 5.41) is 22.0. The summed E-state index contributed by atoms with van der Waals surface area (Å²) in [5.41, 5.74) is -4.95. The van der Waals surface area contributed by atoms with Gasteiger partial charge >= 0.3 is 24.3 Å². The first-order chi connectivity index (χ1) is 14.7. The minimum Gasteiger partial charge on any atom is -0.477 e. The largest absolute Gasteiger partial charge is 0.477 e. The van der Waals surface area contributed by atoms with Crippen molar-refractivity contribution in [3.63, 3.8) is 0 Å². The second-order valence-corrected chi connectivity index (χ2v) is 6.14. The summed E-state index contributed by atoms with van der Waals surface area (Å²) >= 11 is 0. The van der Waals surface area contributed by atoms with Crippen molar-refractivity contribution in [1.29, 1.82) is 0 Å². The van der Waals surface area contributed by atoms with E-state index in [2.05, 4.69) is 10.6 Å². The Morgan fingerprint density at radius 1 is 0.750 bits per heavy atom. The highest BCUT2D eigenvalue weighted by atomic mass is 19.4. The highest BCUT2D eigenvalue weighted by Gasteiger charge is 2.37. The van der Waals surface area contributed by atoms with Crippen molar-refractivity contribution in [1.82, 2.24) is 0 Å². The van der Waals surface area contributed by atoms with Crippen LogP contribution in [-0.4, -0.2) is 28.1 Å². The molecule has 0 aliphatic rings. The van der Waals surface area contributed by atoms with Gasteiger partial charge in [-0.05, 0) is 42.5 Å². The Morgan fingerprint density at radius 3 is 1.59 bits per heavy atom. The molecule has 0 spiro atoms. The topological polar surface area (TPSA) is 116 Å². The predicted octanol–water partition coefficient (Wildman–Crippen LogP) is 4.44. The number of amides is 1. The van der Waals surface area contributed by atoms with E-state index in [4.69, 9.17) is 10.2 Å². The maximum Gasteiger partial charge on any atom is 0.416 e. The number of alkyl halides is 6. The van der Waals surface area contributed by atoms with Crippen molar-refractivity contribution in [3.05, 3.63) is 70.9 Å². The fourth-order valence-electron chi connectivity index (χ4n) is 2.31. The van der Waals surface area contributed by atoms with Crippen LogP contribution in [0.5, 0.6) is 0 Å². The molecule has 0 atom stereocenters. The first-order valence-electron chi connectivity index (χ1n) is 8.32. The summed E-state index contributed by atoms with van der Waals surface area (Å²) in [6.45, 7) is 0. The lowest BCUT2D eigenvalue weighted by molar-refractivity contribution is -0.143. The summed E-state index contributed by atoms with van der Waals surface area (Å²) in [5.74, 6) is -4.64. The Bertz CT molecular complexity index is 1030. The Hall–Kier alpha value is -4.03. The van der Waals surface area contributed by atoms with Gasteiger partial charge in [-0.15, -0.1) is 0 Å². The van der Waals surface area contributed by atoms with E-state index in [1.54, 1.807) is 0 Å². The van der Waals surface area contributed by atoms with Crippen LogP contribution in [0, 0.1) is 0 Å². The van der Waals surface area contributed by atoms with Gasteiger partial charge in [-0.25, -0.2) is 9.59 Å². The van der Waals surface area contributed by atoms with Crippen molar-refractivity contribution < 1.29 is 50.9 Å². The number of halogens is 6. The van der Waals surface area contributed by atoms with E-state index in [0.717, 1.165) is 0 Å². The zero-order valence-electron chi connectivity index (χ0n) is 15.5. The quantitative estimate of drug-likeness (QED) is 0.218. The first-order valence-corrected chi connectivity index (χ1v) is 8.32. The number of carboxylic acids is 2. The summed E-state index contributed by atoms with van der Waals surface area (Å²) in [7, 11) is 0. The van der Waals surface area contributed by atoms with E-state index in [9.17, 15) is 40.7 Å². The molecule has 2 rings (SSSR count). The third-order valence-corrected chi connectivity index (χ3v) is 3.84. The molecular formula is C19H12F6N2O5. The lowest BCUT2D eigenvalue weighted by Gasteiger charge is -2.14. The number of rotatable bonds is 6. The smallest absolute Gasteiger partial charge is 0.416 e. The lowest BCUT2D eigenvalue weighted by atomic mass is 10.0. The molecule has 0 saturated carbocycles. The van der Waals surface area contributed by atoms with E-state index >= 15 is 0 Å². The van der Waals surface area contributed by atoms with Gasteiger partial charge < -0.3 is 20.8 Å². The number of carboxylic acid groups (broad SMARTS) is 2. The normalized spacial score (nSPS) is 11.4. The second-order valence-electron chi connectivity index (χ2n) is 6.14. The fourth-order valence-corrected chi connectivity index (χ4v) is 2.31. The second kappa shape index (κ2) is 8.99. The molecule has 0 aromatic heterocycles. The van der Waals surface area contributed by atoms with Crippen LogP contribution in [-0.2, 0) is 21.9 Å². The molecule has 13 heteroatoms. The highest BCUT2D eigenvalue weighted by molar-refractivity contribution is 6.12. The highest BCUT2D eigenvalue weighted by Crippen LogP contribution is 2.36. The van der Waals surface area contributed by atoms with Crippen molar-refractivity contribution in [2.75, 3.05) is 10.6 Å².